The molecule has 0 spiro atoms. The summed E-state index contributed by atoms with van der Waals surface area (Å²) >= 11 is 1.58. The van der Waals surface area contributed by atoms with Gasteiger partial charge in [-0.3, -0.25) is 28.5 Å². The Morgan fingerprint density at radius 1 is 1.06 bits per heavy atom. The number of amides is 1. The third-order valence-electron chi connectivity index (χ3n) is 5.18. The molecule has 0 radical (unpaired) electrons. The lowest BCUT2D eigenvalue weighted by Gasteiger charge is -2.18. The first kappa shape index (κ1) is 21.6. The fourth-order valence-electron chi connectivity index (χ4n) is 3.67. The molecule has 0 unspecified atom stereocenters. The van der Waals surface area contributed by atoms with Gasteiger partial charge in [0.05, 0.1) is 18.1 Å². The summed E-state index contributed by atoms with van der Waals surface area (Å²) in [7, 11) is 0. The topological polar surface area (TPSA) is 98.9 Å². The average molecular weight is 450 g/mol. The van der Waals surface area contributed by atoms with Crippen LogP contribution in [0, 0.1) is 0 Å². The maximum Gasteiger partial charge on any atom is 0.318 e. The number of pyridine rings is 2. The maximum absolute atomic E-state index is 13.0. The minimum absolute atomic E-state index is 0.125. The van der Waals surface area contributed by atoms with E-state index in [2.05, 4.69) is 22.2 Å². The number of nitrogens with zero attached hydrogens (tertiary/aromatic N) is 4. The summed E-state index contributed by atoms with van der Waals surface area (Å²) in [6, 6.07) is 10.7. The highest BCUT2D eigenvalue weighted by molar-refractivity contribution is 7.10. The van der Waals surface area contributed by atoms with Crippen LogP contribution in [0.1, 0.15) is 36.2 Å². The minimum atomic E-state index is -0.752. The predicted octanol–water partition coefficient (Wildman–Crippen LogP) is 2.72. The minimum Gasteiger partial charge on any atom is -0.347 e. The lowest BCUT2D eigenvalue weighted by Crippen LogP contribution is -2.44. The van der Waals surface area contributed by atoms with E-state index >= 15 is 0 Å². The van der Waals surface area contributed by atoms with Gasteiger partial charge in [0.2, 0.25) is 5.91 Å². The third kappa shape index (κ3) is 4.52. The maximum atomic E-state index is 13.0. The molecular weight excluding hydrogens is 426 g/mol. The molecule has 4 heterocycles. The highest BCUT2D eigenvalue weighted by Crippen LogP contribution is 2.23. The summed E-state index contributed by atoms with van der Waals surface area (Å²) in [5.74, 6) is -0.324. The van der Waals surface area contributed by atoms with E-state index in [0.717, 1.165) is 23.3 Å². The van der Waals surface area contributed by atoms with Gasteiger partial charge in [-0.15, -0.1) is 11.3 Å². The molecule has 164 valence electrons. The molecule has 1 atom stereocenters. The van der Waals surface area contributed by atoms with Crippen molar-refractivity contribution in [3.63, 3.8) is 0 Å². The fraction of sp³-hybridized carbons (Fsp3) is 0.261. The molecule has 0 bridgehead atoms. The molecule has 0 saturated heterocycles. The van der Waals surface area contributed by atoms with E-state index in [0.29, 0.717) is 11.2 Å². The van der Waals surface area contributed by atoms with Crippen molar-refractivity contribution in [1.29, 1.82) is 0 Å². The molecule has 32 heavy (non-hydrogen) atoms. The number of carbonyl (C=O) groups is 1. The first-order chi connectivity index (χ1) is 15.6. The van der Waals surface area contributed by atoms with Gasteiger partial charge in [-0.25, -0.2) is 4.98 Å². The number of hydrogen-bond acceptors (Lipinski definition) is 6. The van der Waals surface area contributed by atoms with Gasteiger partial charge < -0.3 is 5.32 Å². The zero-order chi connectivity index (χ0) is 22.5. The fourth-order valence-corrected chi connectivity index (χ4v) is 4.48. The molecule has 0 fully saturated rings. The predicted molar refractivity (Wildman–Crippen MR) is 124 cm³/mol. The van der Waals surface area contributed by atoms with Crippen molar-refractivity contribution < 1.29 is 4.79 Å². The first-order valence-electron chi connectivity index (χ1n) is 10.4. The number of aromatic nitrogens is 4. The SMILES string of the molecule is CCC[C@H](NC(=O)Cn1c(=O)c(=O)n(Cc2ccncc2)c2ncccc21)c1cccs1. The number of carbonyl (C=O) groups excluding carboxylic acids is 1. The summed E-state index contributed by atoms with van der Waals surface area (Å²) in [6.45, 7) is 1.99. The van der Waals surface area contributed by atoms with Gasteiger partial charge in [-0.05, 0) is 47.7 Å². The number of thiophene rings is 1. The molecule has 4 aromatic rings. The number of hydrogen-bond donors (Lipinski definition) is 1. The van der Waals surface area contributed by atoms with Crippen LogP contribution in [0.15, 0.2) is 70.0 Å². The van der Waals surface area contributed by atoms with Crippen molar-refractivity contribution in [2.45, 2.75) is 38.9 Å². The van der Waals surface area contributed by atoms with Crippen molar-refractivity contribution in [3.05, 3.63) is 91.5 Å². The van der Waals surface area contributed by atoms with Crippen molar-refractivity contribution in [1.82, 2.24) is 24.4 Å². The Morgan fingerprint density at radius 3 is 2.56 bits per heavy atom. The molecule has 1 amide bonds. The van der Waals surface area contributed by atoms with Crippen molar-refractivity contribution in [3.8, 4) is 0 Å². The van der Waals surface area contributed by atoms with Gasteiger partial charge in [0.1, 0.15) is 6.54 Å². The van der Waals surface area contributed by atoms with Crippen molar-refractivity contribution in [2.75, 3.05) is 0 Å². The monoisotopic (exact) mass is 449 g/mol. The highest BCUT2D eigenvalue weighted by atomic mass is 32.1. The summed E-state index contributed by atoms with van der Waals surface area (Å²) in [5, 5.41) is 4.98. The second-order valence-corrected chi connectivity index (χ2v) is 8.39. The van der Waals surface area contributed by atoms with Crippen molar-refractivity contribution >= 4 is 28.4 Å². The summed E-state index contributed by atoms with van der Waals surface area (Å²) in [6.07, 6.45) is 6.51. The van der Waals surface area contributed by atoms with Gasteiger partial charge in [-0.2, -0.15) is 0 Å². The van der Waals surface area contributed by atoms with E-state index in [9.17, 15) is 14.4 Å². The Kier molecular flexibility index (Phi) is 6.55. The van der Waals surface area contributed by atoms with E-state index in [4.69, 9.17) is 0 Å². The van der Waals surface area contributed by atoms with Crippen LogP contribution in [-0.2, 0) is 17.9 Å². The Labute approximate surface area is 188 Å². The summed E-state index contributed by atoms with van der Waals surface area (Å²) in [4.78, 5) is 48.2. The molecule has 8 nitrogen and oxygen atoms in total. The molecule has 0 aliphatic heterocycles. The van der Waals surface area contributed by atoms with Gasteiger partial charge >= 0.3 is 11.1 Å². The number of rotatable bonds is 8. The van der Waals surface area contributed by atoms with Crippen LogP contribution in [0.4, 0.5) is 0 Å². The Hall–Kier alpha value is -3.59. The molecule has 4 rings (SSSR count). The van der Waals surface area contributed by atoms with Crippen LogP contribution >= 0.6 is 11.3 Å². The van der Waals surface area contributed by atoms with Gasteiger partial charge in [0.25, 0.3) is 0 Å². The second-order valence-electron chi connectivity index (χ2n) is 7.41. The van der Waals surface area contributed by atoms with Crippen LogP contribution in [0.25, 0.3) is 11.2 Å². The first-order valence-corrected chi connectivity index (χ1v) is 11.3. The smallest absolute Gasteiger partial charge is 0.318 e. The number of nitrogens with one attached hydrogen (secondary N) is 1. The van der Waals surface area contributed by atoms with Crippen LogP contribution in [0.3, 0.4) is 0 Å². The Bertz CT molecular complexity index is 1330. The zero-order valence-electron chi connectivity index (χ0n) is 17.6. The van der Waals surface area contributed by atoms with E-state index in [1.165, 1.54) is 9.13 Å². The molecular formula is C23H23N5O3S. The number of fused-ring (bicyclic) bond motifs is 1. The third-order valence-corrected chi connectivity index (χ3v) is 6.16. The Morgan fingerprint density at radius 2 is 1.84 bits per heavy atom. The quantitative estimate of drug-likeness (QED) is 0.417. The van der Waals surface area contributed by atoms with Gasteiger partial charge in [0.15, 0.2) is 5.65 Å². The van der Waals surface area contributed by atoms with Crippen LogP contribution in [0.2, 0.25) is 0 Å². The van der Waals surface area contributed by atoms with Crippen LogP contribution in [0.5, 0.6) is 0 Å². The molecule has 0 aliphatic rings. The van der Waals surface area contributed by atoms with Crippen molar-refractivity contribution in [2.24, 2.45) is 0 Å². The lowest BCUT2D eigenvalue weighted by atomic mass is 10.1. The van der Waals surface area contributed by atoms with E-state index < -0.39 is 11.1 Å². The van der Waals surface area contributed by atoms with Crippen LogP contribution < -0.4 is 16.4 Å². The zero-order valence-corrected chi connectivity index (χ0v) is 18.4. The average Bonchev–Trinajstić information content (AvgIpc) is 3.35. The molecule has 1 N–H and O–H groups in total. The van der Waals surface area contributed by atoms with E-state index in [-0.39, 0.29) is 25.0 Å². The van der Waals surface area contributed by atoms with Gasteiger partial charge in [0, 0.05) is 23.5 Å². The second kappa shape index (κ2) is 9.69. The normalized spacial score (nSPS) is 12.0. The molecule has 0 aromatic carbocycles. The summed E-state index contributed by atoms with van der Waals surface area (Å²) < 4.78 is 2.55. The Balaban J connectivity index is 1.68. The van der Waals surface area contributed by atoms with E-state index in [1.807, 2.05) is 17.5 Å². The standard InChI is InChI=1S/C23H23N5O3S/c1-2-5-17(19-7-4-13-32-19)26-20(29)15-27-18-6-3-10-25-21(18)28(23(31)22(27)30)14-16-8-11-24-12-9-16/h3-4,6-13,17H,2,5,14-15H2,1H3,(H,26,29)/t17-/m0/s1. The largest absolute Gasteiger partial charge is 0.347 e. The summed E-state index contributed by atoms with van der Waals surface area (Å²) in [5.41, 5.74) is 0.138. The van der Waals surface area contributed by atoms with Gasteiger partial charge in [-0.1, -0.05) is 19.4 Å². The molecule has 0 aliphatic carbocycles. The highest BCUT2D eigenvalue weighted by Gasteiger charge is 2.19. The van der Waals surface area contributed by atoms with Crippen LogP contribution in [-0.4, -0.2) is 25.0 Å². The van der Waals surface area contributed by atoms with E-state index in [1.54, 1.807) is 54.2 Å². The molecule has 4 aromatic heterocycles. The lowest BCUT2D eigenvalue weighted by molar-refractivity contribution is -0.122. The molecule has 9 heteroatoms. The molecule has 0 saturated carbocycles.